The van der Waals surface area contributed by atoms with Gasteiger partial charge in [0.1, 0.15) is 0 Å². The van der Waals surface area contributed by atoms with Crippen LogP contribution in [0, 0.1) is 0 Å². The number of hydrogen-bond acceptors (Lipinski definition) is 11. The fraction of sp³-hybridized carbons (Fsp3) is 0. The van der Waals surface area contributed by atoms with E-state index in [0.717, 1.165) is 0 Å². The standard InChI is InChI=1S/2H3O4P.3S.3W/c2*1-5(2,3)4;;;;;;/h2*(H3,1,2,3,4);;;;;;/q;;;;;3*+2/p-6. The van der Waals surface area contributed by atoms with Gasteiger partial charge in [-0.15, -0.1) is 0 Å². The average molecular weight is 838 g/mol. The monoisotopic (exact) mass is 838 g/mol. The Bertz CT molecular complexity index is 171. The van der Waals surface area contributed by atoms with E-state index in [-0.39, 0.29) is 0 Å². The molecule has 16 heteroatoms. The molecular formula is O8P2S3W3. The minimum absolute atomic E-state index is 1.17. The predicted octanol–water partition coefficient (Wildman–Crippen LogP) is -3.71. The van der Waals surface area contributed by atoms with Crippen LogP contribution >= 0.6 is 45.1 Å². The number of hydrogen-bond donors (Lipinski definition) is 0. The van der Waals surface area contributed by atoms with E-state index in [1.165, 1.54) is 54.0 Å². The summed E-state index contributed by atoms with van der Waals surface area (Å²) in [5.41, 5.74) is 0. The van der Waals surface area contributed by atoms with Crippen molar-refractivity contribution in [2.45, 2.75) is 0 Å². The molecule has 0 aliphatic rings. The van der Waals surface area contributed by atoms with Gasteiger partial charge in [-0.05, 0) is 0 Å². The van der Waals surface area contributed by atoms with Crippen LogP contribution in [0.5, 0.6) is 0 Å². The Morgan fingerprint density at radius 2 is 0.562 bits per heavy atom. The van der Waals surface area contributed by atoms with Crippen LogP contribution in [0.1, 0.15) is 0 Å². The first-order valence-corrected chi connectivity index (χ1v) is 16.7. The van der Waals surface area contributed by atoms with Crippen molar-refractivity contribution in [1.82, 2.24) is 0 Å². The third kappa shape index (κ3) is 497. The van der Waals surface area contributed by atoms with E-state index in [4.69, 9.17) is 38.5 Å². The third-order valence-electron chi connectivity index (χ3n) is 0. The molecule has 0 aromatic carbocycles. The molecule has 0 saturated carbocycles. The van der Waals surface area contributed by atoms with E-state index >= 15 is 0 Å². The van der Waals surface area contributed by atoms with Gasteiger partial charge in [-0.2, -0.15) is 15.6 Å². The summed E-state index contributed by atoms with van der Waals surface area (Å²) in [6.45, 7) is 0. The van der Waals surface area contributed by atoms with Crippen LogP contribution < -0.4 is 29.4 Å². The van der Waals surface area contributed by atoms with E-state index in [9.17, 15) is 0 Å². The molecule has 0 radical (unpaired) electrons. The molecule has 0 N–H and O–H groups in total. The molecule has 0 aromatic rings. The zero-order valence-corrected chi connectivity index (χ0v) is 19.6. The van der Waals surface area contributed by atoms with Gasteiger partial charge in [0.15, 0.2) is 0 Å². The zero-order chi connectivity index (χ0) is 15.0. The van der Waals surface area contributed by atoms with Gasteiger partial charge in [0.2, 0.25) is 0 Å². The predicted molar refractivity (Wildman–Crippen MR) is 38.0 cm³/mol. The second kappa shape index (κ2) is 23.1. The third-order valence-corrected chi connectivity index (χ3v) is 0. The topological polar surface area (TPSA) is 172 Å². The van der Waals surface area contributed by atoms with Crippen molar-refractivity contribution in [1.29, 1.82) is 0 Å². The van der Waals surface area contributed by atoms with Crippen LogP contribution in [-0.2, 0) is 63.1 Å². The Kier molecular flexibility index (Phi) is 45.2. The summed E-state index contributed by atoms with van der Waals surface area (Å²) >= 11 is 3.50. The Balaban J connectivity index is -0.0000000345. The number of phosphoric acid groups is 2. The molecule has 0 aromatic heterocycles. The molecule has 0 atom stereocenters. The van der Waals surface area contributed by atoms with Crippen molar-refractivity contribution in [3.63, 3.8) is 0 Å². The van der Waals surface area contributed by atoms with Crippen LogP contribution in [0.25, 0.3) is 0 Å². The molecule has 0 heterocycles. The Labute approximate surface area is 136 Å². The van der Waals surface area contributed by atoms with Gasteiger partial charge in [-0.25, -0.2) is 0 Å². The van der Waals surface area contributed by atoms with E-state index in [0.29, 0.717) is 0 Å². The summed E-state index contributed by atoms with van der Waals surface area (Å²) < 4.78 is 17.1. The van der Waals surface area contributed by atoms with Gasteiger partial charge >= 0.3 is 83.4 Å². The van der Waals surface area contributed by atoms with Crippen molar-refractivity contribution in [2.24, 2.45) is 0 Å². The van der Waals surface area contributed by atoms with E-state index in [1.54, 1.807) is 0 Å². The fourth-order valence-electron chi connectivity index (χ4n) is 0. The van der Waals surface area contributed by atoms with Crippen LogP contribution in [0.3, 0.4) is 0 Å². The molecule has 0 spiro atoms. The minimum atomic E-state index is -5.39. The summed E-state index contributed by atoms with van der Waals surface area (Å²) in [5.74, 6) is 0. The van der Waals surface area contributed by atoms with Gasteiger partial charge in [0.25, 0.3) is 0 Å². The van der Waals surface area contributed by atoms with E-state index in [1.807, 2.05) is 0 Å². The Morgan fingerprint density at radius 3 is 0.562 bits per heavy atom. The van der Waals surface area contributed by atoms with Gasteiger partial charge in [0.05, 0.1) is 0 Å². The quantitative estimate of drug-likeness (QED) is 0.220. The average Bonchev–Trinajstić information content (AvgIpc) is 2.08. The van der Waals surface area contributed by atoms with Crippen molar-refractivity contribution in [3.8, 4) is 0 Å². The van der Waals surface area contributed by atoms with Gasteiger partial charge in [-0.3, -0.25) is 0 Å². The second-order valence-corrected chi connectivity index (χ2v) is 2.68. The Morgan fingerprint density at radius 1 is 0.562 bits per heavy atom. The first kappa shape index (κ1) is 31.4. The van der Waals surface area contributed by atoms with Crippen molar-refractivity contribution in [3.05, 3.63) is 0 Å². The first-order chi connectivity index (χ1) is 7.00. The summed E-state index contributed by atoms with van der Waals surface area (Å²) in [6.07, 6.45) is 0. The molecule has 0 saturated heterocycles. The summed E-state index contributed by atoms with van der Waals surface area (Å²) in [6, 6.07) is 0. The summed E-state index contributed by atoms with van der Waals surface area (Å²) in [4.78, 5) is 51.3. The van der Waals surface area contributed by atoms with Crippen LogP contribution in [0.2, 0.25) is 0 Å². The molecule has 0 fully saturated rings. The molecule has 0 rings (SSSR count). The molecule has 0 aliphatic heterocycles. The maximum atomic E-state index is 8.55. The van der Waals surface area contributed by atoms with Crippen LogP contribution in [0.15, 0.2) is 0 Å². The van der Waals surface area contributed by atoms with Crippen LogP contribution in [-0.4, -0.2) is 0 Å². The zero-order valence-electron chi connectivity index (χ0n) is 6.61. The number of rotatable bonds is 0. The maximum absolute atomic E-state index is 8.55. The first-order valence-electron chi connectivity index (χ1n) is 1.96. The van der Waals surface area contributed by atoms with Gasteiger partial charge in [0, 0.05) is 0 Å². The molecule has 0 amide bonds. The molecule has 0 bridgehead atoms. The van der Waals surface area contributed by atoms with E-state index in [2.05, 4.69) is 29.5 Å². The SMILES string of the molecule is O=P([O-])([O-])[O-].O=P([O-])([O-])[O-].[S]=[W+2].[S]=[W+2].[S]=[W+2]. The molecule has 0 unspecified atom stereocenters. The van der Waals surface area contributed by atoms with Crippen molar-refractivity contribution >= 4 is 45.1 Å². The molecular weight excluding hydrogens is 838 g/mol. The molecule has 8 nitrogen and oxygen atoms in total. The molecule has 94 valence electrons. The molecule has 16 heavy (non-hydrogen) atoms. The van der Waals surface area contributed by atoms with Gasteiger partial charge in [-0.1, -0.05) is 0 Å². The normalized spacial score (nSPS) is 7.94. The van der Waals surface area contributed by atoms with Gasteiger partial charge < -0.3 is 38.5 Å². The summed E-state index contributed by atoms with van der Waals surface area (Å²) in [7, 11) is 1.72. The van der Waals surface area contributed by atoms with Crippen LogP contribution in [0.4, 0.5) is 0 Å². The van der Waals surface area contributed by atoms with Crippen molar-refractivity contribution in [2.75, 3.05) is 0 Å². The summed E-state index contributed by atoms with van der Waals surface area (Å²) in [5, 5.41) is 0. The van der Waals surface area contributed by atoms with Crippen molar-refractivity contribution < 1.29 is 92.5 Å². The molecule has 0 aliphatic carbocycles. The Hall–Kier alpha value is 2.94. The van der Waals surface area contributed by atoms with E-state index < -0.39 is 15.6 Å². The fourth-order valence-corrected chi connectivity index (χ4v) is 0. The second-order valence-electron chi connectivity index (χ2n) is 0.894.